The summed E-state index contributed by atoms with van der Waals surface area (Å²) >= 11 is 0. The van der Waals surface area contributed by atoms with Gasteiger partial charge in [-0.3, -0.25) is 0 Å². The standard InChI is InChI=1S/C20H22NP/c1-17(21)22(18-11-5-2-6-12-18,19-13-7-3-8-14-19)20-15-9-4-10-16-20/h2-17,22H,21H2,1H3. The molecule has 2 N–H and O–H groups in total. The Bertz CT molecular complexity index is 612. The summed E-state index contributed by atoms with van der Waals surface area (Å²) < 4.78 is 0. The van der Waals surface area contributed by atoms with E-state index in [-0.39, 0.29) is 5.78 Å². The molecule has 0 fully saturated rings. The van der Waals surface area contributed by atoms with Crippen LogP contribution >= 0.6 is 7.26 Å². The van der Waals surface area contributed by atoms with E-state index in [4.69, 9.17) is 5.73 Å². The van der Waals surface area contributed by atoms with E-state index in [2.05, 4.69) is 97.9 Å². The van der Waals surface area contributed by atoms with Crippen molar-refractivity contribution in [3.8, 4) is 0 Å². The molecule has 0 heterocycles. The van der Waals surface area contributed by atoms with Gasteiger partial charge < -0.3 is 0 Å². The molecule has 3 rings (SSSR count). The van der Waals surface area contributed by atoms with Crippen molar-refractivity contribution in [2.75, 3.05) is 0 Å². The molecule has 2 heteroatoms. The maximum absolute atomic E-state index is 6.63. The third kappa shape index (κ3) is 2.47. The van der Waals surface area contributed by atoms with E-state index >= 15 is 0 Å². The van der Waals surface area contributed by atoms with Gasteiger partial charge in [0.2, 0.25) is 0 Å². The van der Waals surface area contributed by atoms with Crippen LogP contribution < -0.4 is 21.6 Å². The Kier molecular flexibility index (Phi) is 4.38. The Balaban J connectivity index is 2.34. The Morgan fingerprint density at radius 2 is 0.864 bits per heavy atom. The van der Waals surface area contributed by atoms with Gasteiger partial charge in [0.1, 0.15) is 0 Å². The normalized spacial score (nSPS) is 13.5. The first-order valence-electron chi connectivity index (χ1n) is 7.68. The van der Waals surface area contributed by atoms with E-state index in [1.54, 1.807) is 0 Å². The summed E-state index contributed by atoms with van der Waals surface area (Å²) in [6, 6.07) is 32.3. The summed E-state index contributed by atoms with van der Waals surface area (Å²) in [5.41, 5.74) is 6.63. The van der Waals surface area contributed by atoms with Crippen molar-refractivity contribution in [1.82, 2.24) is 0 Å². The van der Waals surface area contributed by atoms with Gasteiger partial charge in [-0.1, -0.05) is 0 Å². The first kappa shape index (κ1) is 15.0. The van der Waals surface area contributed by atoms with Gasteiger partial charge in [0.05, 0.1) is 0 Å². The van der Waals surface area contributed by atoms with E-state index in [9.17, 15) is 0 Å². The molecule has 0 bridgehead atoms. The second-order valence-electron chi connectivity index (χ2n) is 5.69. The number of hydrogen-bond acceptors (Lipinski definition) is 1. The first-order chi connectivity index (χ1) is 10.8. The Labute approximate surface area is 133 Å². The van der Waals surface area contributed by atoms with Crippen LogP contribution in [-0.4, -0.2) is 5.78 Å². The van der Waals surface area contributed by atoms with Crippen molar-refractivity contribution in [2.24, 2.45) is 5.73 Å². The molecule has 0 amide bonds. The molecular formula is C20H22NP. The van der Waals surface area contributed by atoms with Crippen molar-refractivity contribution in [1.29, 1.82) is 0 Å². The molecule has 1 nitrogen and oxygen atoms in total. The maximum atomic E-state index is 6.63. The quantitative estimate of drug-likeness (QED) is 0.737. The van der Waals surface area contributed by atoms with Crippen LogP contribution in [0.15, 0.2) is 91.0 Å². The molecule has 22 heavy (non-hydrogen) atoms. The zero-order valence-corrected chi connectivity index (χ0v) is 13.8. The average Bonchev–Trinajstić information content (AvgIpc) is 2.58. The zero-order valence-electron chi connectivity index (χ0n) is 12.8. The minimum atomic E-state index is -2.22. The van der Waals surface area contributed by atoms with E-state index in [1.807, 2.05) is 0 Å². The predicted molar refractivity (Wildman–Crippen MR) is 100 cm³/mol. The van der Waals surface area contributed by atoms with Gasteiger partial charge in [-0.2, -0.15) is 0 Å². The molecule has 0 saturated heterocycles. The number of hydrogen-bond donors (Lipinski definition) is 1. The third-order valence-electron chi connectivity index (χ3n) is 4.37. The molecule has 3 aromatic rings. The van der Waals surface area contributed by atoms with E-state index in [1.165, 1.54) is 15.9 Å². The molecule has 112 valence electrons. The van der Waals surface area contributed by atoms with Crippen molar-refractivity contribution >= 4 is 23.2 Å². The summed E-state index contributed by atoms with van der Waals surface area (Å²) in [6.45, 7) is 2.15. The fraction of sp³-hybridized carbons (Fsp3) is 0.100. The van der Waals surface area contributed by atoms with Crippen LogP contribution in [0.4, 0.5) is 0 Å². The number of nitrogens with two attached hydrogens (primary N) is 1. The van der Waals surface area contributed by atoms with Gasteiger partial charge in [-0.05, 0) is 0 Å². The van der Waals surface area contributed by atoms with Crippen LogP contribution in [-0.2, 0) is 0 Å². The van der Waals surface area contributed by atoms with Gasteiger partial charge in [0, 0.05) is 0 Å². The molecule has 0 aliphatic rings. The minimum absolute atomic E-state index is 0.0831. The summed E-state index contributed by atoms with van der Waals surface area (Å²) in [5.74, 6) is 0.0831. The van der Waals surface area contributed by atoms with Crippen molar-refractivity contribution in [3.05, 3.63) is 91.0 Å². The molecule has 0 radical (unpaired) electrons. The molecule has 1 unspecified atom stereocenters. The van der Waals surface area contributed by atoms with Crippen LogP contribution in [0, 0.1) is 0 Å². The molecule has 0 aliphatic heterocycles. The fourth-order valence-corrected chi connectivity index (χ4v) is 8.12. The van der Waals surface area contributed by atoms with Crippen molar-refractivity contribution in [3.63, 3.8) is 0 Å². The van der Waals surface area contributed by atoms with Crippen molar-refractivity contribution in [2.45, 2.75) is 12.7 Å². The Morgan fingerprint density at radius 3 is 1.09 bits per heavy atom. The van der Waals surface area contributed by atoms with E-state index < -0.39 is 7.26 Å². The monoisotopic (exact) mass is 307 g/mol. The Morgan fingerprint density at radius 1 is 0.591 bits per heavy atom. The van der Waals surface area contributed by atoms with Crippen LogP contribution in [0.3, 0.4) is 0 Å². The molecule has 0 aliphatic carbocycles. The number of benzene rings is 3. The van der Waals surface area contributed by atoms with Crippen LogP contribution in [0.1, 0.15) is 6.92 Å². The molecule has 0 spiro atoms. The van der Waals surface area contributed by atoms with Gasteiger partial charge >= 0.3 is 133 Å². The topological polar surface area (TPSA) is 26.0 Å². The summed E-state index contributed by atoms with van der Waals surface area (Å²) in [5, 5.41) is 4.09. The van der Waals surface area contributed by atoms with Crippen molar-refractivity contribution < 1.29 is 0 Å². The average molecular weight is 307 g/mol. The van der Waals surface area contributed by atoms with E-state index in [0.717, 1.165) is 0 Å². The van der Waals surface area contributed by atoms with Crippen LogP contribution in [0.2, 0.25) is 0 Å². The van der Waals surface area contributed by atoms with Gasteiger partial charge in [0.15, 0.2) is 0 Å². The molecular weight excluding hydrogens is 285 g/mol. The molecule has 0 aromatic heterocycles. The van der Waals surface area contributed by atoms with Gasteiger partial charge in [-0.15, -0.1) is 0 Å². The van der Waals surface area contributed by atoms with E-state index in [0.29, 0.717) is 0 Å². The fourth-order valence-electron chi connectivity index (χ4n) is 3.39. The third-order valence-corrected chi connectivity index (χ3v) is 9.47. The SMILES string of the molecule is CC(N)[PH](c1ccccc1)(c1ccccc1)c1ccccc1. The Hall–Kier alpha value is -1.95. The number of rotatable bonds is 4. The molecule has 1 atom stereocenters. The second kappa shape index (κ2) is 6.44. The summed E-state index contributed by atoms with van der Waals surface area (Å²) in [4.78, 5) is 0. The van der Waals surface area contributed by atoms with Gasteiger partial charge in [0.25, 0.3) is 0 Å². The summed E-state index contributed by atoms with van der Waals surface area (Å²) in [6.07, 6.45) is 0. The predicted octanol–water partition coefficient (Wildman–Crippen LogP) is 3.02. The molecule has 0 saturated carbocycles. The van der Waals surface area contributed by atoms with Crippen LogP contribution in [0.5, 0.6) is 0 Å². The second-order valence-corrected chi connectivity index (χ2v) is 9.95. The zero-order chi connectivity index (χ0) is 15.4. The first-order valence-corrected chi connectivity index (χ1v) is 9.76. The summed E-state index contributed by atoms with van der Waals surface area (Å²) in [7, 11) is -2.22. The molecule has 3 aromatic carbocycles. The van der Waals surface area contributed by atoms with Gasteiger partial charge in [-0.25, -0.2) is 0 Å². The van der Waals surface area contributed by atoms with Crippen LogP contribution in [0.25, 0.3) is 0 Å².